The maximum absolute atomic E-state index is 12.5. The van der Waals surface area contributed by atoms with E-state index in [-0.39, 0.29) is 11.8 Å². The Morgan fingerprint density at radius 2 is 2.07 bits per heavy atom. The summed E-state index contributed by atoms with van der Waals surface area (Å²) < 4.78 is 0. The fourth-order valence-electron chi connectivity index (χ4n) is 4.37. The van der Waals surface area contributed by atoms with E-state index in [9.17, 15) is 4.79 Å². The summed E-state index contributed by atoms with van der Waals surface area (Å²) in [4.78, 5) is 21.8. The van der Waals surface area contributed by atoms with Crippen LogP contribution in [0.3, 0.4) is 0 Å². The quantitative estimate of drug-likeness (QED) is 0.676. The molecule has 2 fully saturated rings. The Morgan fingerprint density at radius 1 is 1.22 bits per heavy atom. The fraction of sp³-hybridized carbons (Fsp3) is 0.714. The second kappa shape index (κ2) is 10.7. The first-order valence-electron chi connectivity index (χ1n) is 10.5. The number of carbonyl (C=O) groups excluding carboxylic acids is 1. The normalized spacial score (nSPS) is 22.6. The molecule has 0 radical (unpaired) electrons. The Morgan fingerprint density at radius 3 is 2.81 bits per heavy atom. The molecule has 150 valence electrons. The highest BCUT2D eigenvalue weighted by Gasteiger charge is 2.31. The molecular formula is C21H35N5O. The maximum Gasteiger partial charge on any atom is 0.224 e. The number of aromatic nitrogens is 1. The SMILES string of the molecule is CNCCCNC(=O)[C@H]1CCCN(C2CCN(Cc3cccnc3)CC2)C1. The van der Waals surface area contributed by atoms with Gasteiger partial charge in [-0.2, -0.15) is 0 Å². The van der Waals surface area contributed by atoms with Crippen LogP contribution >= 0.6 is 0 Å². The average molecular weight is 374 g/mol. The van der Waals surface area contributed by atoms with Crippen molar-refractivity contribution in [3.8, 4) is 0 Å². The van der Waals surface area contributed by atoms with Gasteiger partial charge in [-0.3, -0.25) is 19.6 Å². The summed E-state index contributed by atoms with van der Waals surface area (Å²) in [5.41, 5.74) is 1.30. The first-order chi connectivity index (χ1) is 13.3. The van der Waals surface area contributed by atoms with Crippen LogP contribution in [-0.4, -0.2) is 73.0 Å². The molecule has 0 spiro atoms. The number of nitrogens with one attached hydrogen (secondary N) is 2. The molecule has 0 aromatic carbocycles. The monoisotopic (exact) mass is 373 g/mol. The molecule has 2 saturated heterocycles. The second-order valence-corrected chi connectivity index (χ2v) is 7.95. The summed E-state index contributed by atoms with van der Waals surface area (Å²) in [6.07, 6.45) is 9.39. The molecule has 2 N–H and O–H groups in total. The topological polar surface area (TPSA) is 60.5 Å². The van der Waals surface area contributed by atoms with Gasteiger partial charge in [0, 0.05) is 38.1 Å². The van der Waals surface area contributed by atoms with Gasteiger partial charge < -0.3 is 10.6 Å². The van der Waals surface area contributed by atoms with Crippen LogP contribution in [0.4, 0.5) is 0 Å². The van der Waals surface area contributed by atoms with Gasteiger partial charge in [0.1, 0.15) is 0 Å². The summed E-state index contributed by atoms with van der Waals surface area (Å²) in [6.45, 7) is 7.09. The van der Waals surface area contributed by atoms with Crippen LogP contribution in [-0.2, 0) is 11.3 Å². The number of hydrogen-bond donors (Lipinski definition) is 2. The molecule has 1 aromatic rings. The summed E-state index contributed by atoms with van der Waals surface area (Å²) in [7, 11) is 1.95. The molecule has 0 aliphatic carbocycles. The molecule has 2 aliphatic rings. The Labute approximate surface area is 163 Å². The van der Waals surface area contributed by atoms with Gasteiger partial charge in [-0.15, -0.1) is 0 Å². The van der Waals surface area contributed by atoms with E-state index in [0.29, 0.717) is 6.04 Å². The molecule has 0 bridgehead atoms. The lowest BCUT2D eigenvalue weighted by Crippen LogP contribution is -2.50. The van der Waals surface area contributed by atoms with Crippen LogP contribution in [0, 0.1) is 5.92 Å². The van der Waals surface area contributed by atoms with Crippen molar-refractivity contribution in [2.75, 3.05) is 46.3 Å². The van der Waals surface area contributed by atoms with Gasteiger partial charge in [0.2, 0.25) is 5.91 Å². The van der Waals surface area contributed by atoms with Crippen molar-refractivity contribution in [2.45, 2.75) is 44.7 Å². The molecule has 2 aliphatic heterocycles. The molecule has 1 aromatic heterocycles. The zero-order valence-electron chi connectivity index (χ0n) is 16.7. The lowest BCUT2D eigenvalue weighted by Gasteiger charge is -2.42. The van der Waals surface area contributed by atoms with Crippen LogP contribution < -0.4 is 10.6 Å². The first-order valence-corrected chi connectivity index (χ1v) is 10.5. The average Bonchev–Trinajstić information content (AvgIpc) is 2.72. The van der Waals surface area contributed by atoms with Gasteiger partial charge in [-0.1, -0.05) is 6.07 Å². The summed E-state index contributed by atoms with van der Waals surface area (Å²) >= 11 is 0. The van der Waals surface area contributed by atoms with E-state index in [1.165, 1.54) is 18.4 Å². The predicted octanol–water partition coefficient (Wildman–Crippen LogP) is 1.48. The number of pyridine rings is 1. The van der Waals surface area contributed by atoms with Crippen LogP contribution in [0.1, 0.15) is 37.7 Å². The van der Waals surface area contributed by atoms with Gasteiger partial charge in [0.25, 0.3) is 0 Å². The van der Waals surface area contributed by atoms with E-state index in [0.717, 1.165) is 65.1 Å². The summed E-state index contributed by atoms with van der Waals surface area (Å²) in [6, 6.07) is 4.80. The largest absolute Gasteiger partial charge is 0.356 e. The number of amides is 1. The first kappa shape index (κ1) is 20.2. The van der Waals surface area contributed by atoms with Crippen LogP contribution in [0.2, 0.25) is 0 Å². The minimum Gasteiger partial charge on any atom is -0.356 e. The standard InChI is InChI=1S/C21H35N5O/c1-22-9-4-11-24-21(27)19-6-3-12-26(17-19)20-7-13-25(14-8-20)16-18-5-2-10-23-15-18/h2,5,10,15,19-20,22H,3-4,6-9,11-14,16-17H2,1H3,(H,24,27)/t19-/m0/s1. The molecule has 0 saturated carbocycles. The van der Waals surface area contributed by atoms with Gasteiger partial charge in [0.15, 0.2) is 0 Å². The molecule has 0 unspecified atom stereocenters. The Balaban J connectivity index is 1.40. The summed E-state index contributed by atoms with van der Waals surface area (Å²) in [5, 5.41) is 6.25. The number of rotatable bonds is 8. The van der Waals surface area contributed by atoms with Crippen molar-refractivity contribution >= 4 is 5.91 Å². The molecular weight excluding hydrogens is 338 g/mol. The highest BCUT2D eigenvalue weighted by Crippen LogP contribution is 2.24. The lowest BCUT2D eigenvalue weighted by molar-refractivity contribution is -0.127. The smallest absolute Gasteiger partial charge is 0.224 e. The minimum absolute atomic E-state index is 0.168. The third kappa shape index (κ3) is 6.26. The highest BCUT2D eigenvalue weighted by atomic mass is 16.1. The van der Waals surface area contributed by atoms with E-state index in [2.05, 4.69) is 31.5 Å². The Kier molecular flexibility index (Phi) is 8.05. The number of hydrogen-bond acceptors (Lipinski definition) is 5. The minimum atomic E-state index is 0.168. The van der Waals surface area contributed by atoms with Gasteiger partial charge in [0.05, 0.1) is 5.92 Å². The van der Waals surface area contributed by atoms with Crippen LogP contribution in [0.25, 0.3) is 0 Å². The fourth-order valence-corrected chi connectivity index (χ4v) is 4.37. The number of nitrogens with zero attached hydrogens (tertiary/aromatic N) is 3. The van der Waals surface area contributed by atoms with E-state index < -0.39 is 0 Å². The van der Waals surface area contributed by atoms with Gasteiger partial charge in [-0.25, -0.2) is 0 Å². The molecule has 6 heteroatoms. The third-order valence-electron chi connectivity index (χ3n) is 5.93. The van der Waals surface area contributed by atoms with Crippen molar-refractivity contribution in [3.63, 3.8) is 0 Å². The number of piperidine rings is 2. The van der Waals surface area contributed by atoms with Crippen molar-refractivity contribution in [3.05, 3.63) is 30.1 Å². The van der Waals surface area contributed by atoms with E-state index in [1.807, 2.05) is 25.5 Å². The highest BCUT2D eigenvalue weighted by molar-refractivity contribution is 5.78. The van der Waals surface area contributed by atoms with Crippen molar-refractivity contribution in [1.29, 1.82) is 0 Å². The number of likely N-dealkylation sites (tertiary alicyclic amines) is 2. The van der Waals surface area contributed by atoms with Crippen molar-refractivity contribution in [1.82, 2.24) is 25.4 Å². The van der Waals surface area contributed by atoms with Crippen LogP contribution in [0.15, 0.2) is 24.5 Å². The Hall–Kier alpha value is -1.50. The number of carbonyl (C=O) groups is 1. The maximum atomic E-state index is 12.5. The predicted molar refractivity (Wildman–Crippen MR) is 108 cm³/mol. The van der Waals surface area contributed by atoms with Crippen molar-refractivity contribution < 1.29 is 4.79 Å². The zero-order valence-corrected chi connectivity index (χ0v) is 16.7. The molecule has 27 heavy (non-hydrogen) atoms. The van der Waals surface area contributed by atoms with E-state index in [1.54, 1.807) is 0 Å². The Bertz CT molecular complexity index is 559. The second-order valence-electron chi connectivity index (χ2n) is 7.95. The lowest BCUT2D eigenvalue weighted by atomic mass is 9.93. The van der Waals surface area contributed by atoms with E-state index >= 15 is 0 Å². The summed E-state index contributed by atoms with van der Waals surface area (Å²) in [5.74, 6) is 0.423. The van der Waals surface area contributed by atoms with Crippen molar-refractivity contribution in [2.24, 2.45) is 5.92 Å². The van der Waals surface area contributed by atoms with Crippen LogP contribution in [0.5, 0.6) is 0 Å². The molecule has 1 amide bonds. The van der Waals surface area contributed by atoms with Gasteiger partial charge in [-0.05, 0) is 77.0 Å². The molecule has 6 nitrogen and oxygen atoms in total. The third-order valence-corrected chi connectivity index (χ3v) is 5.93. The van der Waals surface area contributed by atoms with Gasteiger partial charge >= 0.3 is 0 Å². The molecule has 1 atom stereocenters. The molecule has 3 heterocycles. The molecule has 3 rings (SSSR count). The van der Waals surface area contributed by atoms with E-state index in [4.69, 9.17) is 0 Å². The zero-order chi connectivity index (χ0) is 18.9.